The quantitative estimate of drug-likeness (QED) is 0.393. The van der Waals surface area contributed by atoms with Crippen molar-refractivity contribution in [2.75, 3.05) is 29.3 Å². The third kappa shape index (κ3) is 5.02. The molecule has 2 aromatic heterocycles. The van der Waals surface area contributed by atoms with Gasteiger partial charge in [0, 0.05) is 18.8 Å². The predicted octanol–water partition coefficient (Wildman–Crippen LogP) is 1.75. The number of carbonyl (C=O) groups is 2. The van der Waals surface area contributed by atoms with Crippen LogP contribution in [0.2, 0.25) is 0 Å². The van der Waals surface area contributed by atoms with Gasteiger partial charge in [0.25, 0.3) is 0 Å². The van der Waals surface area contributed by atoms with Gasteiger partial charge in [-0.1, -0.05) is 17.8 Å². The second-order valence-corrected chi connectivity index (χ2v) is 6.77. The Morgan fingerprint density at radius 3 is 2.72 bits per heavy atom. The molecule has 4 N–H and O–H groups in total. The summed E-state index contributed by atoms with van der Waals surface area (Å²) < 4.78 is 6.54. The van der Waals surface area contributed by atoms with Crippen LogP contribution >= 0.6 is 11.8 Å². The molecule has 0 fully saturated rings. The lowest BCUT2D eigenvalue weighted by molar-refractivity contribution is -0.114. The number of carbonyl (C=O) groups excluding carboxylic acids is 2. The van der Waals surface area contributed by atoms with Gasteiger partial charge in [-0.15, -0.1) is 10.2 Å². The molecule has 0 radical (unpaired) electrons. The molecule has 150 valence electrons. The van der Waals surface area contributed by atoms with Crippen LogP contribution in [-0.2, 0) is 9.59 Å². The minimum absolute atomic E-state index is 0.0467. The molecule has 0 aliphatic carbocycles. The van der Waals surface area contributed by atoms with Gasteiger partial charge >= 0.3 is 0 Å². The van der Waals surface area contributed by atoms with E-state index < -0.39 is 0 Å². The monoisotopic (exact) mass is 413 g/mol. The number of methoxy groups -OCH3 is 1. The fourth-order valence-electron chi connectivity index (χ4n) is 2.45. The smallest absolute Gasteiger partial charge is 0.234 e. The topological polar surface area (TPSA) is 137 Å². The fraction of sp³-hybridized carbons (Fsp3) is 0.167. The lowest BCUT2D eigenvalue weighted by Gasteiger charge is -2.12. The largest absolute Gasteiger partial charge is 0.495 e. The van der Waals surface area contributed by atoms with Crippen LogP contribution in [-0.4, -0.2) is 44.5 Å². The first-order chi connectivity index (χ1) is 14.0. The van der Waals surface area contributed by atoms with Crippen LogP contribution in [0.4, 0.5) is 11.4 Å². The van der Waals surface area contributed by atoms with Crippen LogP contribution in [0.15, 0.2) is 47.8 Å². The fourth-order valence-corrected chi connectivity index (χ4v) is 3.10. The molecule has 0 aliphatic rings. The van der Waals surface area contributed by atoms with Gasteiger partial charge in [-0.25, -0.2) is 4.68 Å². The van der Waals surface area contributed by atoms with E-state index in [2.05, 4.69) is 25.8 Å². The minimum Gasteiger partial charge on any atom is -0.495 e. The Bertz CT molecular complexity index is 1020. The summed E-state index contributed by atoms with van der Waals surface area (Å²) in [6.07, 6.45) is 1.63. The average Bonchev–Trinajstić information content (AvgIpc) is 3.07. The number of benzene rings is 1. The van der Waals surface area contributed by atoms with E-state index in [1.165, 1.54) is 18.7 Å². The first-order valence-corrected chi connectivity index (χ1v) is 9.46. The molecule has 0 saturated carbocycles. The van der Waals surface area contributed by atoms with Crippen molar-refractivity contribution in [1.82, 2.24) is 19.9 Å². The van der Waals surface area contributed by atoms with E-state index in [1.54, 1.807) is 36.5 Å². The van der Waals surface area contributed by atoms with E-state index in [4.69, 9.17) is 10.6 Å². The minimum atomic E-state index is -0.296. The van der Waals surface area contributed by atoms with Crippen LogP contribution in [0.5, 0.6) is 5.75 Å². The Kier molecular flexibility index (Phi) is 6.29. The molecular weight excluding hydrogens is 394 g/mol. The van der Waals surface area contributed by atoms with Crippen molar-refractivity contribution in [2.45, 2.75) is 12.1 Å². The summed E-state index contributed by atoms with van der Waals surface area (Å²) >= 11 is 1.13. The molecular formula is C18H19N7O3S. The zero-order valence-corrected chi connectivity index (χ0v) is 16.6. The van der Waals surface area contributed by atoms with Crippen molar-refractivity contribution in [3.63, 3.8) is 0 Å². The molecule has 0 saturated heterocycles. The number of rotatable bonds is 7. The summed E-state index contributed by atoms with van der Waals surface area (Å²) in [7, 11) is 1.49. The van der Waals surface area contributed by atoms with Crippen molar-refractivity contribution in [2.24, 2.45) is 0 Å². The summed E-state index contributed by atoms with van der Waals surface area (Å²) in [4.78, 5) is 27.8. The number of ether oxygens (including phenoxy) is 1. The predicted molar refractivity (Wildman–Crippen MR) is 110 cm³/mol. The summed E-state index contributed by atoms with van der Waals surface area (Å²) in [6, 6.07) is 10.3. The molecule has 2 amide bonds. The van der Waals surface area contributed by atoms with E-state index in [-0.39, 0.29) is 17.6 Å². The highest BCUT2D eigenvalue weighted by atomic mass is 32.2. The molecule has 2 heterocycles. The standard InChI is InChI=1S/C18H19N7O3S/c1-11(26)21-12-6-7-15(28-2)14(9-12)22-16(27)10-29-18-24-23-17(25(18)19)13-5-3-4-8-20-13/h3-9H,10,19H2,1-2H3,(H,21,26)(H,22,27). The van der Waals surface area contributed by atoms with E-state index >= 15 is 0 Å². The molecule has 10 nitrogen and oxygen atoms in total. The van der Waals surface area contributed by atoms with Gasteiger partial charge in [0.15, 0.2) is 0 Å². The Hall–Kier alpha value is -3.60. The average molecular weight is 413 g/mol. The highest BCUT2D eigenvalue weighted by Crippen LogP contribution is 2.28. The zero-order valence-electron chi connectivity index (χ0n) is 15.7. The van der Waals surface area contributed by atoms with Gasteiger partial charge in [0.2, 0.25) is 22.8 Å². The Balaban J connectivity index is 1.66. The molecule has 1 aromatic carbocycles. The summed E-state index contributed by atoms with van der Waals surface area (Å²) in [5.74, 6) is 6.43. The van der Waals surface area contributed by atoms with Crippen molar-refractivity contribution < 1.29 is 14.3 Å². The molecule has 0 aliphatic heterocycles. The maximum atomic E-state index is 12.4. The lowest BCUT2D eigenvalue weighted by Crippen LogP contribution is -2.17. The Morgan fingerprint density at radius 1 is 1.21 bits per heavy atom. The van der Waals surface area contributed by atoms with E-state index in [1.807, 2.05) is 6.07 Å². The SMILES string of the molecule is COc1ccc(NC(C)=O)cc1NC(=O)CSc1nnc(-c2ccccn2)n1N. The molecule has 3 aromatic rings. The van der Waals surface area contributed by atoms with E-state index in [0.717, 1.165) is 11.8 Å². The van der Waals surface area contributed by atoms with Crippen LogP contribution in [0.3, 0.4) is 0 Å². The van der Waals surface area contributed by atoms with Crippen LogP contribution in [0.1, 0.15) is 6.92 Å². The third-order valence-electron chi connectivity index (χ3n) is 3.68. The molecule has 29 heavy (non-hydrogen) atoms. The summed E-state index contributed by atoms with van der Waals surface area (Å²) in [5.41, 5.74) is 1.56. The number of nitrogens with zero attached hydrogens (tertiary/aromatic N) is 4. The maximum Gasteiger partial charge on any atom is 0.234 e. The highest BCUT2D eigenvalue weighted by Gasteiger charge is 2.15. The van der Waals surface area contributed by atoms with Crippen molar-refractivity contribution in [3.8, 4) is 17.3 Å². The normalized spacial score (nSPS) is 10.4. The maximum absolute atomic E-state index is 12.4. The zero-order chi connectivity index (χ0) is 20.8. The number of hydrogen-bond acceptors (Lipinski definition) is 8. The number of nitrogen functional groups attached to an aromatic ring is 1. The van der Waals surface area contributed by atoms with E-state index in [0.29, 0.717) is 33.8 Å². The van der Waals surface area contributed by atoms with Crippen LogP contribution < -0.4 is 21.2 Å². The second-order valence-electron chi connectivity index (χ2n) is 5.82. The van der Waals surface area contributed by atoms with Gasteiger partial charge in [0.05, 0.1) is 18.6 Å². The van der Waals surface area contributed by atoms with E-state index in [9.17, 15) is 9.59 Å². The Morgan fingerprint density at radius 2 is 2.03 bits per heavy atom. The summed E-state index contributed by atoms with van der Waals surface area (Å²) in [6.45, 7) is 1.40. The molecule has 0 bridgehead atoms. The summed E-state index contributed by atoms with van der Waals surface area (Å²) in [5, 5.41) is 13.8. The third-order valence-corrected chi connectivity index (χ3v) is 4.63. The van der Waals surface area contributed by atoms with Gasteiger partial charge in [-0.05, 0) is 30.3 Å². The number of hydrogen-bond donors (Lipinski definition) is 3. The highest BCUT2D eigenvalue weighted by molar-refractivity contribution is 7.99. The lowest BCUT2D eigenvalue weighted by atomic mass is 10.2. The van der Waals surface area contributed by atoms with Crippen molar-refractivity contribution >= 4 is 35.0 Å². The first-order valence-electron chi connectivity index (χ1n) is 8.48. The van der Waals surface area contributed by atoms with Gasteiger partial charge in [-0.3, -0.25) is 14.6 Å². The van der Waals surface area contributed by atoms with Crippen LogP contribution in [0, 0.1) is 0 Å². The van der Waals surface area contributed by atoms with Crippen molar-refractivity contribution in [1.29, 1.82) is 0 Å². The number of amides is 2. The molecule has 0 atom stereocenters. The number of aromatic nitrogens is 4. The van der Waals surface area contributed by atoms with Crippen molar-refractivity contribution in [3.05, 3.63) is 42.6 Å². The second kappa shape index (κ2) is 9.06. The number of thioether (sulfide) groups is 1. The van der Waals surface area contributed by atoms with Gasteiger partial charge in [-0.2, -0.15) is 0 Å². The molecule has 0 unspecified atom stereocenters. The number of pyridine rings is 1. The first kappa shape index (κ1) is 20.1. The van der Waals surface area contributed by atoms with Crippen LogP contribution in [0.25, 0.3) is 11.5 Å². The number of nitrogens with two attached hydrogens (primary N) is 1. The molecule has 0 spiro atoms. The number of nitrogens with one attached hydrogen (secondary N) is 2. The van der Waals surface area contributed by atoms with Gasteiger partial charge in [0.1, 0.15) is 11.4 Å². The molecule has 3 rings (SSSR count). The Labute approximate surface area is 170 Å². The molecule has 11 heteroatoms. The number of anilines is 2. The van der Waals surface area contributed by atoms with Gasteiger partial charge < -0.3 is 21.2 Å².